The van der Waals surface area contributed by atoms with Gasteiger partial charge in [-0.1, -0.05) is 13.0 Å². The quantitative estimate of drug-likeness (QED) is 0.403. The second-order valence-corrected chi connectivity index (χ2v) is 8.97. The van der Waals surface area contributed by atoms with Crippen LogP contribution in [0.5, 0.6) is 0 Å². The minimum absolute atomic E-state index is 0.0477. The molecule has 0 saturated carbocycles. The topological polar surface area (TPSA) is 97.5 Å². The molecule has 5 atom stereocenters. The number of carbonyl (C=O) groups is 1. The summed E-state index contributed by atoms with van der Waals surface area (Å²) in [6.45, 7) is 2.03. The van der Waals surface area contributed by atoms with Crippen LogP contribution in [-0.2, 0) is 9.53 Å². The van der Waals surface area contributed by atoms with Gasteiger partial charge in [-0.05, 0) is 36.9 Å². The van der Waals surface area contributed by atoms with E-state index in [0.717, 1.165) is 24.8 Å². The van der Waals surface area contributed by atoms with Gasteiger partial charge in [-0.2, -0.15) is 13.2 Å². The van der Waals surface area contributed by atoms with Crippen molar-refractivity contribution in [3.63, 3.8) is 0 Å². The second-order valence-electron chi connectivity index (χ2n) is 8.15. The summed E-state index contributed by atoms with van der Waals surface area (Å²) in [6, 6.07) is 4.81. The molecular weight excluding hydrogens is 481 g/mol. The average molecular weight is 506 g/mol. The molecule has 186 valence electrons. The number of benzene rings is 1. The summed E-state index contributed by atoms with van der Waals surface area (Å²) in [5.41, 5.74) is 3.10. The van der Waals surface area contributed by atoms with Crippen molar-refractivity contribution >= 4 is 23.4 Å². The van der Waals surface area contributed by atoms with Crippen LogP contribution in [0.15, 0.2) is 35.4 Å². The zero-order valence-electron chi connectivity index (χ0n) is 18.5. The molecule has 2 aromatic rings. The number of nitrogens with one attached hydrogen (secondary N) is 1. The number of halogens is 5. The number of anilines is 1. The fraction of sp³-hybridized carbons (Fsp3) is 0.455. The summed E-state index contributed by atoms with van der Waals surface area (Å²) in [7, 11) is 0. The van der Waals surface area contributed by atoms with E-state index in [4.69, 9.17) is 10.5 Å². The molecule has 0 aliphatic carbocycles. The van der Waals surface area contributed by atoms with Crippen LogP contribution in [0.3, 0.4) is 0 Å². The van der Waals surface area contributed by atoms with Crippen molar-refractivity contribution in [2.75, 3.05) is 18.1 Å². The lowest BCUT2D eigenvalue weighted by Crippen LogP contribution is -2.47. The van der Waals surface area contributed by atoms with Crippen LogP contribution in [0.25, 0.3) is 0 Å². The number of hydrogen-bond acceptors (Lipinski definition) is 6. The summed E-state index contributed by atoms with van der Waals surface area (Å²) >= 11 is 0.829. The maximum atomic E-state index is 14.5. The monoisotopic (exact) mass is 505 g/mol. The van der Waals surface area contributed by atoms with Crippen LogP contribution < -0.4 is 11.1 Å². The molecule has 4 N–H and O–H groups in total. The molecule has 34 heavy (non-hydrogen) atoms. The average Bonchev–Trinajstić information content (AvgIpc) is 3.07. The number of nitrogens with zero attached hydrogens (tertiary/aromatic N) is 1. The van der Waals surface area contributed by atoms with E-state index < -0.39 is 53.4 Å². The highest BCUT2D eigenvalue weighted by Crippen LogP contribution is 2.54. The van der Waals surface area contributed by atoms with E-state index in [9.17, 15) is 31.9 Å². The zero-order valence-corrected chi connectivity index (χ0v) is 19.3. The number of amides is 1. The first kappa shape index (κ1) is 26.3. The van der Waals surface area contributed by atoms with Gasteiger partial charge in [0.05, 0.1) is 17.6 Å². The molecule has 0 bridgehead atoms. The smallest absolute Gasteiger partial charge is 0.385 e. The van der Waals surface area contributed by atoms with Gasteiger partial charge >= 0.3 is 6.18 Å². The molecular formula is C22H24F5N3O3S. The number of thioether (sulfide) groups is 1. The van der Waals surface area contributed by atoms with Crippen molar-refractivity contribution in [3.05, 3.63) is 53.4 Å². The summed E-state index contributed by atoms with van der Waals surface area (Å²) in [5, 5.41) is 12.2. The number of pyridine rings is 1. The number of aliphatic hydroxyl groups is 1. The molecule has 12 heteroatoms. The zero-order chi connectivity index (χ0) is 25.4. The van der Waals surface area contributed by atoms with E-state index in [1.54, 1.807) is 0 Å². The summed E-state index contributed by atoms with van der Waals surface area (Å²) in [4.78, 5) is 16.9. The predicted molar refractivity (Wildman–Crippen MR) is 116 cm³/mol. The number of hydrogen-bond donors (Lipinski definition) is 3. The van der Waals surface area contributed by atoms with Crippen LogP contribution in [0.2, 0.25) is 0 Å². The van der Waals surface area contributed by atoms with Gasteiger partial charge in [-0.3, -0.25) is 9.78 Å². The third-order valence-corrected chi connectivity index (χ3v) is 7.01. The Hall–Kier alpha value is -2.28. The summed E-state index contributed by atoms with van der Waals surface area (Å²) in [5.74, 6) is -5.79. The lowest BCUT2D eigenvalue weighted by Gasteiger charge is -2.32. The highest BCUT2D eigenvalue weighted by Gasteiger charge is 2.65. The van der Waals surface area contributed by atoms with E-state index >= 15 is 0 Å². The van der Waals surface area contributed by atoms with Crippen LogP contribution in [0.4, 0.5) is 27.6 Å². The normalized spacial score (nSPS) is 25.9. The van der Waals surface area contributed by atoms with Gasteiger partial charge in [0.15, 0.2) is 17.2 Å². The van der Waals surface area contributed by atoms with Gasteiger partial charge in [-0.25, -0.2) is 8.78 Å². The lowest BCUT2D eigenvalue weighted by atomic mass is 9.77. The fourth-order valence-electron chi connectivity index (χ4n) is 4.05. The molecule has 0 radical (unpaired) electrons. The van der Waals surface area contributed by atoms with Crippen molar-refractivity contribution in [1.29, 1.82) is 0 Å². The second kappa shape index (κ2) is 9.76. The van der Waals surface area contributed by atoms with Crippen molar-refractivity contribution in [2.24, 2.45) is 11.7 Å². The Kier molecular flexibility index (Phi) is 7.56. The van der Waals surface area contributed by atoms with E-state index in [1.807, 2.05) is 0 Å². The van der Waals surface area contributed by atoms with E-state index in [2.05, 4.69) is 10.3 Å². The Morgan fingerprint density at radius 1 is 1.32 bits per heavy atom. The van der Waals surface area contributed by atoms with Gasteiger partial charge in [0.2, 0.25) is 0 Å². The Labute approximate surface area is 197 Å². The standard InChI is InChI=1S/C22H24F5N3O3S/c1-10-16(12-5-6-13(23)17(24)19(12)34-3)18(33-21(10,2)22(25,26)27)20(32)30-11-4-7-14(29-9-11)15(31)8-28/h4-7,9-10,15-16,18,31H,8,28H2,1-3H3,(H,30,32)/t10-,15-,16-,18+,21+/m0/s1. The largest absolute Gasteiger partial charge is 0.417 e. The molecule has 1 saturated heterocycles. The molecule has 2 heterocycles. The third-order valence-electron chi connectivity index (χ3n) is 6.19. The SMILES string of the molecule is CSc1c([C@H]2[C@H](C(=O)Nc3ccc([C@@H](O)CN)nc3)O[C@@](C)(C(F)(F)F)[C@H]2C)ccc(F)c1F. The molecule has 0 spiro atoms. The fourth-order valence-corrected chi connectivity index (χ4v) is 4.77. The number of aliphatic hydroxyl groups excluding tert-OH is 1. The van der Waals surface area contributed by atoms with Crippen LogP contribution >= 0.6 is 11.8 Å². The number of carbonyl (C=O) groups excluding carboxylic acids is 1. The highest BCUT2D eigenvalue weighted by atomic mass is 32.2. The Morgan fingerprint density at radius 2 is 2.00 bits per heavy atom. The lowest BCUT2D eigenvalue weighted by molar-refractivity contribution is -0.272. The predicted octanol–water partition coefficient (Wildman–Crippen LogP) is 4.15. The number of nitrogens with two attached hydrogens (primary N) is 1. The number of alkyl halides is 3. The molecule has 3 rings (SSSR count). The van der Waals surface area contributed by atoms with Gasteiger partial charge in [0, 0.05) is 23.3 Å². The van der Waals surface area contributed by atoms with E-state index in [-0.39, 0.29) is 28.4 Å². The molecule has 1 aliphatic heterocycles. The molecule has 1 aromatic carbocycles. The number of rotatable bonds is 6. The van der Waals surface area contributed by atoms with E-state index in [0.29, 0.717) is 0 Å². The molecule has 0 unspecified atom stereocenters. The van der Waals surface area contributed by atoms with Crippen LogP contribution in [0.1, 0.15) is 37.1 Å². The maximum absolute atomic E-state index is 14.5. The maximum Gasteiger partial charge on any atom is 0.417 e. The van der Waals surface area contributed by atoms with Crippen molar-refractivity contribution in [1.82, 2.24) is 4.98 Å². The molecule has 1 aromatic heterocycles. The van der Waals surface area contributed by atoms with Crippen molar-refractivity contribution in [2.45, 2.75) is 48.6 Å². The molecule has 1 fully saturated rings. The van der Waals surface area contributed by atoms with Gasteiger partial charge in [0.1, 0.15) is 12.2 Å². The van der Waals surface area contributed by atoms with E-state index in [1.165, 1.54) is 37.6 Å². The van der Waals surface area contributed by atoms with Gasteiger partial charge in [-0.15, -0.1) is 11.8 Å². The number of aromatic nitrogens is 1. The van der Waals surface area contributed by atoms with Gasteiger partial charge in [0.25, 0.3) is 5.91 Å². The Balaban J connectivity index is 2.01. The minimum atomic E-state index is -4.83. The summed E-state index contributed by atoms with van der Waals surface area (Å²) < 4.78 is 75.6. The third kappa shape index (κ3) is 4.64. The first-order chi connectivity index (χ1) is 15.9. The highest BCUT2D eigenvalue weighted by molar-refractivity contribution is 7.98. The van der Waals surface area contributed by atoms with Crippen LogP contribution in [0, 0.1) is 17.6 Å². The minimum Gasteiger partial charge on any atom is -0.385 e. The molecule has 1 aliphatic rings. The Morgan fingerprint density at radius 3 is 2.53 bits per heavy atom. The molecule has 6 nitrogen and oxygen atoms in total. The van der Waals surface area contributed by atoms with Crippen molar-refractivity contribution in [3.8, 4) is 0 Å². The first-order valence-electron chi connectivity index (χ1n) is 10.3. The van der Waals surface area contributed by atoms with Gasteiger partial charge < -0.3 is 20.9 Å². The molecule has 1 amide bonds. The first-order valence-corrected chi connectivity index (χ1v) is 11.5. The Bertz CT molecular complexity index is 1050. The number of ether oxygens (including phenoxy) is 1. The summed E-state index contributed by atoms with van der Waals surface area (Å²) in [6.07, 6.45) is -4.83. The van der Waals surface area contributed by atoms with Crippen LogP contribution in [-0.4, -0.2) is 46.7 Å². The van der Waals surface area contributed by atoms with Crippen molar-refractivity contribution < 1.29 is 36.6 Å².